The van der Waals surface area contributed by atoms with Crippen molar-refractivity contribution in [3.63, 3.8) is 0 Å². The van der Waals surface area contributed by atoms with Crippen LogP contribution in [0.1, 0.15) is 6.92 Å². The van der Waals surface area contributed by atoms with Gasteiger partial charge in [-0.2, -0.15) is 0 Å². The largest absolute Gasteiger partial charge is 0.358 e. The van der Waals surface area contributed by atoms with Crippen LogP contribution in [0.25, 0.3) is 0 Å². The maximum atomic E-state index is 13.8. The molecule has 92 valence electrons. The van der Waals surface area contributed by atoms with Crippen LogP contribution in [0.4, 0.5) is 15.8 Å². The summed E-state index contributed by atoms with van der Waals surface area (Å²) in [5.74, 6) is -0.534. The second kappa shape index (κ2) is 4.67. The van der Waals surface area contributed by atoms with Crippen molar-refractivity contribution < 1.29 is 9.31 Å². The van der Waals surface area contributed by atoms with Gasteiger partial charge in [-0.1, -0.05) is 6.07 Å². The summed E-state index contributed by atoms with van der Waals surface area (Å²) < 4.78 is 13.8. The molecule has 1 N–H and O–H groups in total. The molecule has 0 amide bonds. The predicted octanol–water partition coefficient (Wildman–Crippen LogP) is 1.53. The number of rotatable bonds is 4. The molecule has 0 aliphatic carbocycles. The fraction of sp³-hybridized carbons (Fsp3) is 0.455. The van der Waals surface area contributed by atoms with Crippen molar-refractivity contribution in [1.82, 2.24) is 5.32 Å². The number of likely N-dealkylation sites (N-methyl/N-ethyl adjacent to an activating group) is 1. The first-order valence-corrected chi connectivity index (χ1v) is 5.55. The fourth-order valence-electron chi connectivity index (χ4n) is 2.03. The first-order chi connectivity index (χ1) is 8.15. The number of halogens is 1. The molecular weight excluding hydrogens is 225 g/mol. The Labute approximate surface area is 98.4 Å². The molecule has 1 heterocycles. The number of nitro benzene ring substituents is 1. The van der Waals surface area contributed by atoms with Gasteiger partial charge in [-0.3, -0.25) is 10.1 Å². The van der Waals surface area contributed by atoms with Crippen LogP contribution in [-0.4, -0.2) is 30.6 Å². The minimum absolute atomic E-state index is 0.103. The van der Waals surface area contributed by atoms with Gasteiger partial charge in [-0.05, 0) is 13.0 Å². The van der Waals surface area contributed by atoms with E-state index >= 15 is 0 Å². The highest BCUT2D eigenvalue weighted by atomic mass is 19.1. The number of hydrogen-bond acceptors (Lipinski definition) is 4. The van der Waals surface area contributed by atoms with Crippen molar-refractivity contribution in [3.05, 3.63) is 34.1 Å². The summed E-state index contributed by atoms with van der Waals surface area (Å²) in [6, 6.07) is 4.10. The van der Waals surface area contributed by atoms with Gasteiger partial charge >= 0.3 is 0 Å². The zero-order chi connectivity index (χ0) is 12.4. The highest BCUT2D eigenvalue weighted by molar-refractivity contribution is 5.65. The lowest BCUT2D eigenvalue weighted by molar-refractivity contribution is -0.384. The van der Waals surface area contributed by atoms with Crippen LogP contribution in [0, 0.1) is 15.9 Å². The van der Waals surface area contributed by atoms with E-state index in [1.807, 2.05) is 6.92 Å². The Morgan fingerprint density at radius 1 is 1.59 bits per heavy atom. The van der Waals surface area contributed by atoms with Crippen molar-refractivity contribution in [3.8, 4) is 0 Å². The molecule has 0 saturated carbocycles. The third-order valence-corrected chi connectivity index (χ3v) is 2.99. The van der Waals surface area contributed by atoms with Crippen LogP contribution < -0.4 is 10.2 Å². The highest BCUT2D eigenvalue weighted by Gasteiger charge is 2.30. The van der Waals surface area contributed by atoms with E-state index in [-0.39, 0.29) is 17.4 Å². The van der Waals surface area contributed by atoms with E-state index < -0.39 is 10.7 Å². The molecule has 0 unspecified atom stereocenters. The van der Waals surface area contributed by atoms with Crippen LogP contribution in [0.15, 0.2) is 18.2 Å². The molecule has 5 nitrogen and oxygen atoms in total. The van der Waals surface area contributed by atoms with Crippen LogP contribution >= 0.6 is 0 Å². The molecule has 1 fully saturated rings. The van der Waals surface area contributed by atoms with Crippen LogP contribution in [-0.2, 0) is 0 Å². The Kier molecular flexibility index (Phi) is 3.23. The fourth-order valence-corrected chi connectivity index (χ4v) is 2.03. The van der Waals surface area contributed by atoms with Gasteiger partial charge in [0, 0.05) is 25.7 Å². The Balaban J connectivity index is 2.43. The Morgan fingerprint density at radius 3 is 2.76 bits per heavy atom. The quantitative estimate of drug-likeness (QED) is 0.639. The number of benzene rings is 1. The summed E-state index contributed by atoms with van der Waals surface area (Å²) >= 11 is 0. The number of para-hydroxylation sites is 1. The normalized spacial score (nSPS) is 15.4. The first-order valence-electron chi connectivity index (χ1n) is 5.55. The van der Waals surface area contributed by atoms with E-state index in [0.29, 0.717) is 6.54 Å². The second-order valence-corrected chi connectivity index (χ2v) is 3.96. The number of hydrogen-bond donors (Lipinski definition) is 1. The number of nitrogens with zero attached hydrogens (tertiary/aromatic N) is 2. The maximum Gasteiger partial charge on any atom is 0.295 e. The Morgan fingerprint density at radius 2 is 2.29 bits per heavy atom. The molecule has 0 spiro atoms. The molecule has 1 aromatic rings. The van der Waals surface area contributed by atoms with Crippen molar-refractivity contribution in [2.45, 2.75) is 13.0 Å². The zero-order valence-electron chi connectivity index (χ0n) is 9.52. The molecule has 6 heteroatoms. The van der Waals surface area contributed by atoms with Crippen molar-refractivity contribution in [2.75, 3.05) is 24.5 Å². The summed E-state index contributed by atoms with van der Waals surface area (Å²) in [6.45, 7) is 3.89. The summed E-state index contributed by atoms with van der Waals surface area (Å²) in [5, 5.41) is 14.0. The average Bonchev–Trinajstić information content (AvgIpc) is 2.23. The number of nitro groups is 1. The maximum absolute atomic E-state index is 13.8. The summed E-state index contributed by atoms with van der Waals surface area (Å²) in [5.41, 5.74) is -0.0646. The van der Waals surface area contributed by atoms with Gasteiger partial charge in [0.15, 0.2) is 11.5 Å². The highest BCUT2D eigenvalue weighted by Crippen LogP contribution is 2.32. The van der Waals surface area contributed by atoms with Gasteiger partial charge < -0.3 is 10.2 Å². The molecule has 1 aliphatic rings. The standard InChI is InChI=1S/C11H14FN3O2/c1-2-14(8-6-13-7-8)11-9(12)4-3-5-10(11)15(16)17/h3-5,8,13H,2,6-7H2,1H3. The van der Waals surface area contributed by atoms with E-state index in [9.17, 15) is 14.5 Å². The Bertz CT molecular complexity index is 435. The molecular formula is C11H14FN3O2. The van der Waals surface area contributed by atoms with Crippen LogP contribution in [0.3, 0.4) is 0 Å². The predicted molar refractivity (Wildman–Crippen MR) is 62.7 cm³/mol. The Hall–Kier alpha value is -1.69. The third kappa shape index (κ3) is 2.08. The van der Waals surface area contributed by atoms with E-state index in [1.165, 1.54) is 18.2 Å². The monoisotopic (exact) mass is 239 g/mol. The zero-order valence-corrected chi connectivity index (χ0v) is 9.52. The van der Waals surface area contributed by atoms with E-state index in [2.05, 4.69) is 5.32 Å². The molecule has 1 aromatic carbocycles. The van der Waals surface area contributed by atoms with Gasteiger partial charge in [0.25, 0.3) is 5.69 Å². The summed E-state index contributed by atoms with van der Waals surface area (Å²) in [7, 11) is 0. The topological polar surface area (TPSA) is 58.4 Å². The first kappa shape index (κ1) is 11.8. The van der Waals surface area contributed by atoms with Gasteiger partial charge in [0.1, 0.15) is 0 Å². The summed E-state index contributed by atoms with van der Waals surface area (Å²) in [4.78, 5) is 12.1. The molecule has 0 atom stereocenters. The minimum Gasteiger partial charge on any atom is -0.358 e. The van der Waals surface area contributed by atoms with Crippen molar-refractivity contribution in [1.29, 1.82) is 0 Å². The van der Waals surface area contributed by atoms with Crippen molar-refractivity contribution in [2.24, 2.45) is 0 Å². The molecule has 2 rings (SSSR count). The van der Waals surface area contributed by atoms with Gasteiger partial charge in [-0.15, -0.1) is 0 Å². The smallest absolute Gasteiger partial charge is 0.295 e. The molecule has 1 aliphatic heterocycles. The minimum atomic E-state index is -0.535. The van der Waals surface area contributed by atoms with Gasteiger partial charge in [0.05, 0.1) is 11.0 Å². The molecule has 1 saturated heterocycles. The SMILES string of the molecule is CCN(c1c(F)cccc1[N+](=O)[O-])C1CNC1. The van der Waals surface area contributed by atoms with Crippen LogP contribution in [0.5, 0.6) is 0 Å². The lowest BCUT2D eigenvalue weighted by atomic mass is 10.1. The van der Waals surface area contributed by atoms with E-state index in [4.69, 9.17) is 0 Å². The van der Waals surface area contributed by atoms with Crippen molar-refractivity contribution >= 4 is 11.4 Å². The van der Waals surface area contributed by atoms with E-state index in [1.54, 1.807) is 4.90 Å². The van der Waals surface area contributed by atoms with Crippen LogP contribution in [0.2, 0.25) is 0 Å². The third-order valence-electron chi connectivity index (χ3n) is 2.99. The molecule has 0 bridgehead atoms. The molecule has 0 radical (unpaired) electrons. The second-order valence-electron chi connectivity index (χ2n) is 3.96. The number of nitrogens with one attached hydrogen (secondary N) is 1. The van der Waals surface area contributed by atoms with Gasteiger partial charge in [-0.25, -0.2) is 4.39 Å². The molecule has 0 aromatic heterocycles. The average molecular weight is 239 g/mol. The lowest BCUT2D eigenvalue weighted by Crippen LogP contribution is -2.57. The molecule has 17 heavy (non-hydrogen) atoms. The summed E-state index contributed by atoms with van der Waals surface area (Å²) in [6.07, 6.45) is 0. The van der Waals surface area contributed by atoms with Gasteiger partial charge in [0.2, 0.25) is 0 Å². The van der Waals surface area contributed by atoms with E-state index in [0.717, 1.165) is 13.1 Å². The lowest BCUT2D eigenvalue weighted by Gasteiger charge is -2.38. The number of anilines is 1.